The topological polar surface area (TPSA) is 129 Å². The molecule has 11 nitrogen and oxygen atoms in total. The fourth-order valence-electron chi connectivity index (χ4n) is 4.24. The zero-order chi connectivity index (χ0) is 27.8. The molecule has 13 heteroatoms. The van der Waals surface area contributed by atoms with Crippen molar-refractivity contribution in [3.8, 4) is 5.88 Å². The molecule has 4 rings (SSSR count). The summed E-state index contributed by atoms with van der Waals surface area (Å²) in [5, 5.41) is 9.95. The normalized spacial score (nSPS) is 15.4. The number of likely N-dealkylation sites (tertiary alicyclic amines) is 1. The van der Waals surface area contributed by atoms with Crippen molar-refractivity contribution in [2.45, 2.75) is 44.8 Å². The van der Waals surface area contributed by atoms with Crippen LogP contribution in [-0.4, -0.2) is 64.7 Å². The smallest absolute Gasteiger partial charge is 0.410 e. The number of methoxy groups -OCH3 is 2. The molecule has 1 N–H and O–H groups in total. The Morgan fingerprint density at radius 2 is 1.79 bits per heavy atom. The van der Waals surface area contributed by atoms with Crippen molar-refractivity contribution < 1.29 is 33.4 Å². The van der Waals surface area contributed by atoms with E-state index in [0.29, 0.717) is 41.8 Å². The molecule has 204 valence electrons. The maximum Gasteiger partial charge on any atom is 0.410 e. The number of ether oxygens (including phenoxy) is 3. The first-order chi connectivity index (χ1) is 17.9. The van der Waals surface area contributed by atoms with E-state index >= 15 is 0 Å². The van der Waals surface area contributed by atoms with Crippen LogP contribution in [0.25, 0.3) is 11.0 Å². The second-order valence-electron chi connectivity index (χ2n) is 9.80. The zero-order valence-electron chi connectivity index (χ0n) is 21.6. The van der Waals surface area contributed by atoms with E-state index in [4.69, 9.17) is 41.8 Å². The highest BCUT2D eigenvalue weighted by Gasteiger charge is 2.42. The number of nitrogens with zero attached hydrogens (tertiary/aromatic N) is 4. The van der Waals surface area contributed by atoms with Gasteiger partial charge in [-0.2, -0.15) is 4.73 Å². The Balaban J connectivity index is 1.71. The van der Waals surface area contributed by atoms with E-state index < -0.39 is 23.2 Å². The van der Waals surface area contributed by atoms with Gasteiger partial charge < -0.3 is 28.7 Å². The first-order valence-corrected chi connectivity index (χ1v) is 12.5. The van der Waals surface area contributed by atoms with Gasteiger partial charge in [0.25, 0.3) is 11.8 Å². The maximum atomic E-state index is 13.2. The molecule has 4 heterocycles. The summed E-state index contributed by atoms with van der Waals surface area (Å²) in [5.41, 5.74) is -1.09. The van der Waals surface area contributed by atoms with Crippen LogP contribution >= 0.6 is 23.2 Å². The van der Waals surface area contributed by atoms with E-state index in [9.17, 15) is 14.8 Å². The molecule has 38 heavy (non-hydrogen) atoms. The minimum atomic E-state index is -0.860. The first-order valence-electron chi connectivity index (χ1n) is 11.7. The van der Waals surface area contributed by atoms with E-state index in [-0.39, 0.29) is 32.4 Å². The van der Waals surface area contributed by atoms with Gasteiger partial charge in [-0.05, 0) is 26.8 Å². The molecule has 0 unspecified atom stereocenters. The van der Waals surface area contributed by atoms with Crippen molar-refractivity contribution in [3.05, 3.63) is 51.4 Å². The number of rotatable bonds is 4. The lowest BCUT2D eigenvalue weighted by Crippen LogP contribution is -2.47. The molecular formula is C25H28Cl2N4O7. The van der Waals surface area contributed by atoms with E-state index in [1.807, 2.05) is 20.8 Å². The predicted octanol–water partition coefficient (Wildman–Crippen LogP) is 4.80. The third-order valence-corrected chi connectivity index (χ3v) is 6.72. The number of carbonyl (C=O) groups is 2. The summed E-state index contributed by atoms with van der Waals surface area (Å²) < 4.78 is 23.6. The lowest BCUT2D eigenvalue weighted by molar-refractivity contribution is -0.0769. The highest BCUT2D eigenvalue weighted by Crippen LogP contribution is 2.41. The number of hydrogen-bond donors (Lipinski definition) is 1. The number of fused-ring (bicyclic) bond motifs is 1. The summed E-state index contributed by atoms with van der Waals surface area (Å²) in [5.74, 6) is -0.0446. The summed E-state index contributed by atoms with van der Waals surface area (Å²) in [4.78, 5) is 35.7. The first kappa shape index (κ1) is 27.7. The summed E-state index contributed by atoms with van der Waals surface area (Å²) >= 11 is 12.3. The van der Waals surface area contributed by atoms with Crippen molar-refractivity contribution in [2.24, 2.45) is 4.99 Å². The molecule has 3 aromatic rings. The van der Waals surface area contributed by atoms with Crippen LogP contribution in [0.1, 0.15) is 49.7 Å². The average molecular weight is 567 g/mol. The Kier molecular flexibility index (Phi) is 7.64. The molecule has 3 aromatic heterocycles. The Hall–Kier alpha value is -3.28. The molecule has 1 aliphatic heterocycles. The molecule has 0 spiro atoms. The van der Waals surface area contributed by atoms with Crippen LogP contribution in [0.5, 0.6) is 5.88 Å². The van der Waals surface area contributed by atoms with Crippen LogP contribution in [0, 0.1) is 0 Å². The number of halogens is 2. The van der Waals surface area contributed by atoms with Crippen LogP contribution in [0.15, 0.2) is 34.1 Å². The molecular weight excluding hydrogens is 539 g/mol. The lowest BCUT2D eigenvalue weighted by atomic mass is 9.88. The Labute approximate surface area is 228 Å². The quantitative estimate of drug-likeness (QED) is 0.446. The monoisotopic (exact) mass is 566 g/mol. The number of pyridine rings is 2. The summed E-state index contributed by atoms with van der Waals surface area (Å²) in [6.45, 7) is 6.21. The molecule has 1 fully saturated rings. The molecule has 0 atom stereocenters. The highest BCUT2D eigenvalue weighted by molar-refractivity contribution is 6.34. The van der Waals surface area contributed by atoms with Crippen LogP contribution in [0.2, 0.25) is 10.0 Å². The SMILES string of the molecule is COc1ncc(C(=O)N=c2c(Cl)cn(O)cc2Cl)c2cc(C3(OC)CCN(C(=O)OC(C)(C)C)CC3)oc12. The number of piperidine rings is 1. The maximum absolute atomic E-state index is 13.2. The molecule has 0 bridgehead atoms. The van der Waals surface area contributed by atoms with E-state index in [1.54, 1.807) is 18.1 Å². The Morgan fingerprint density at radius 1 is 1.16 bits per heavy atom. The van der Waals surface area contributed by atoms with Crippen LogP contribution in [0.3, 0.4) is 0 Å². The standard InChI is InChI=1S/C25H28Cl2N4O7/c1-24(2,3)38-23(33)30-8-6-25(36-5,7-9-30)18-10-14-15(11-28-22(35-4)20(14)37-18)21(32)29-19-16(26)12-31(34)13-17(19)27/h10-13,34H,6-9H2,1-5H3. The fraction of sp³-hybridized carbons (Fsp3) is 0.440. The zero-order valence-corrected chi connectivity index (χ0v) is 23.1. The molecule has 0 saturated carbocycles. The molecule has 1 saturated heterocycles. The third-order valence-electron chi connectivity index (χ3n) is 6.17. The van der Waals surface area contributed by atoms with Crippen molar-refractivity contribution in [1.82, 2.24) is 14.6 Å². The van der Waals surface area contributed by atoms with Gasteiger partial charge in [-0.3, -0.25) is 4.79 Å². The van der Waals surface area contributed by atoms with E-state index in [0.717, 1.165) is 12.4 Å². The summed E-state index contributed by atoms with van der Waals surface area (Å²) in [6.07, 6.45) is 4.11. The average Bonchev–Trinajstić information content (AvgIpc) is 3.30. The summed E-state index contributed by atoms with van der Waals surface area (Å²) in [7, 11) is 3.01. The van der Waals surface area contributed by atoms with Crippen LogP contribution < -0.4 is 10.1 Å². The number of hydrogen-bond acceptors (Lipinski definition) is 8. The van der Waals surface area contributed by atoms with Gasteiger partial charge in [0.15, 0.2) is 5.58 Å². The third kappa shape index (κ3) is 5.45. The lowest BCUT2D eigenvalue weighted by Gasteiger charge is -2.39. The minimum absolute atomic E-state index is 0.000744. The Bertz CT molecular complexity index is 1420. The van der Waals surface area contributed by atoms with Crippen molar-refractivity contribution in [2.75, 3.05) is 27.3 Å². The second kappa shape index (κ2) is 10.5. The molecule has 1 aliphatic rings. The van der Waals surface area contributed by atoms with E-state index in [2.05, 4.69) is 9.98 Å². The van der Waals surface area contributed by atoms with Crippen molar-refractivity contribution in [1.29, 1.82) is 0 Å². The molecule has 0 aliphatic carbocycles. The number of carbonyl (C=O) groups excluding carboxylic acids is 2. The summed E-state index contributed by atoms with van der Waals surface area (Å²) in [6, 6.07) is 1.70. The number of amides is 2. The van der Waals surface area contributed by atoms with Crippen molar-refractivity contribution in [3.63, 3.8) is 0 Å². The largest absolute Gasteiger partial charge is 0.478 e. The number of furan rings is 1. The van der Waals surface area contributed by atoms with E-state index in [1.165, 1.54) is 13.3 Å². The van der Waals surface area contributed by atoms with Gasteiger partial charge in [0, 0.05) is 44.6 Å². The molecule has 0 aromatic carbocycles. The fourth-order valence-corrected chi connectivity index (χ4v) is 4.78. The van der Waals surface area contributed by atoms with Gasteiger partial charge in [0.05, 0.1) is 35.1 Å². The molecule has 0 radical (unpaired) electrons. The second-order valence-corrected chi connectivity index (χ2v) is 10.6. The van der Waals surface area contributed by atoms with Crippen LogP contribution in [-0.2, 0) is 15.1 Å². The highest BCUT2D eigenvalue weighted by atomic mass is 35.5. The van der Waals surface area contributed by atoms with Gasteiger partial charge in [-0.15, -0.1) is 0 Å². The van der Waals surface area contributed by atoms with Gasteiger partial charge in [0.1, 0.15) is 22.3 Å². The van der Waals surface area contributed by atoms with Gasteiger partial charge in [-0.25, -0.2) is 14.8 Å². The van der Waals surface area contributed by atoms with Gasteiger partial charge in [0.2, 0.25) is 0 Å². The molecule has 2 amide bonds. The van der Waals surface area contributed by atoms with Crippen LogP contribution in [0.4, 0.5) is 4.79 Å². The van der Waals surface area contributed by atoms with Gasteiger partial charge >= 0.3 is 6.09 Å². The predicted molar refractivity (Wildman–Crippen MR) is 138 cm³/mol. The minimum Gasteiger partial charge on any atom is -0.478 e. The van der Waals surface area contributed by atoms with Crippen molar-refractivity contribution >= 4 is 46.2 Å². The number of aromatic nitrogens is 2. The van der Waals surface area contributed by atoms with Gasteiger partial charge in [-0.1, -0.05) is 23.2 Å². The Morgan fingerprint density at radius 3 is 2.34 bits per heavy atom.